The van der Waals surface area contributed by atoms with Gasteiger partial charge in [-0.15, -0.1) is 0 Å². The Bertz CT molecular complexity index is 1490. The van der Waals surface area contributed by atoms with Gasteiger partial charge < -0.3 is 14.6 Å². The molecule has 0 unspecified atom stereocenters. The third-order valence-electron chi connectivity index (χ3n) is 6.52. The Morgan fingerprint density at radius 3 is 2.73 bits per heavy atom. The Balaban J connectivity index is 1.23. The third-order valence-corrected chi connectivity index (χ3v) is 6.52. The van der Waals surface area contributed by atoms with E-state index in [1.54, 1.807) is 49.1 Å². The van der Waals surface area contributed by atoms with Crippen molar-refractivity contribution in [3.63, 3.8) is 0 Å². The molecule has 0 bridgehead atoms. The lowest BCUT2D eigenvalue weighted by Gasteiger charge is -2.42. The Kier molecular flexibility index (Phi) is 7.32. The first-order chi connectivity index (χ1) is 19.0. The maximum Gasteiger partial charge on any atom is 0.272 e. The zero-order valence-corrected chi connectivity index (χ0v) is 22.2. The minimum Gasteiger partial charge on any atom is -0.471 e. The molecule has 1 amide bonds. The van der Waals surface area contributed by atoms with Gasteiger partial charge in [0, 0.05) is 69.1 Å². The molecule has 0 saturated carbocycles. The van der Waals surface area contributed by atoms with Gasteiger partial charge in [-0.05, 0) is 25.1 Å². The Hall–Kier alpha value is -4.26. The van der Waals surface area contributed by atoms with E-state index in [1.807, 2.05) is 4.90 Å². The molecule has 3 aromatic heterocycles. The fourth-order valence-corrected chi connectivity index (χ4v) is 4.40. The highest BCUT2D eigenvalue weighted by atomic mass is 19.3. The maximum absolute atomic E-state index is 13.6. The molecule has 0 atom stereocenters. The zero-order chi connectivity index (χ0) is 28.5. The SMILES string of the molecule is Cn1ncc(-c2nc(-c3cccc(C(=O)NCCN4CC(C)(F)C4)c3)no2)c1COc1ccc(C(C)(F)F)cn1. The topological polar surface area (TPSA) is 111 Å². The molecule has 4 heterocycles. The predicted octanol–water partition coefficient (Wildman–Crippen LogP) is 4.00. The largest absolute Gasteiger partial charge is 0.471 e. The molecule has 1 aromatic carbocycles. The first-order valence-electron chi connectivity index (χ1n) is 12.6. The van der Waals surface area contributed by atoms with Crippen LogP contribution in [0, 0.1) is 0 Å². The average Bonchev–Trinajstić information content (AvgIpc) is 3.53. The second kappa shape index (κ2) is 10.7. The Morgan fingerprint density at radius 1 is 1.23 bits per heavy atom. The monoisotopic (exact) mass is 555 g/mol. The molecule has 10 nitrogen and oxygen atoms in total. The van der Waals surface area contributed by atoms with Gasteiger partial charge in [0.1, 0.15) is 12.3 Å². The number of halogens is 3. The van der Waals surface area contributed by atoms with Crippen molar-refractivity contribution < 1.29 is 27.2 Å². The van der Waals surface area contributed by atoms with Gasteiger partial charge in [0.05, 0.1) is 17.5 Å². The fourth-order valence-electron chi connectivity index (χ4n) is 4.40. The summed E-state index contributed by atoms with van der Waals surface area (Å²) in [5, 5.41) is 11.2. The zero-order valence-electron chi connectivity index (χ0n) is 22.2. The van der Waals surface area contributed by atoms with Crippen LogP contribution in [-0.2, 0) is 19.6 Å². The first-order valence-corrected chi connectivity index (χ1v) is 12.6. The summed E-state index contributed by atoms with van der Waals surface area (Å²) in [6.07, 6.45) is 2.63. The summed E-state index contributed by atoms with van der Waals surface area (Å²) in [6, 6.07) is 9.46. The molecular weight excluding hydrogens is 527 g/mol. The quantitative estimate of drug-likeness (QED) is 0.313. The highest BCUT2D eigenvalue weighted by Crippen LogP contribution is 2.29. The van der Waals surface area contributed by atoms with Crippen molar-refractivity contribution in [3.8, 4) is 28.7 Å². The van der Waals surface area contributed by atoms with E-state index in [4.69, 9.17) is 9.26 Å². The Labute approximate surface area is 228 Å². The van der Waals surface area contributed by atoms with Crippen LogP contribution in [0.1, 0.15) is 35.5 Å². The number of carbonyl (C=O) groups is 1. The number of aryl methyl sites for hydroxylation is 1. The van der Waals surface area contributed by atoms with Crippen LogP contribution in [0.5, 0.6) is 5.88 Å². The molecule has 5 rings (SSSR count). The molecule has 1 fully saturated rings. The molecule has 1 saturated heterocycles. The molecule has 0 radical (unpaired) electrons. The number of amides is 1. The van der Waals surface area contributed by atoms with E-state index < -0.39 is 11.6 Å². The number of pyridine rings is 1. The van der Waals surface area contributed by atoms with Gasteiger partial charge >= 0.3 is 0 Å². The fraction of sp³-hybridized carbons (Fsp3) is 0.370. The van der Waals surface area contributed by atoms with Gasteiger partial charge in [-0.25, -0.2) is 18.2 Å². The number of alkyl halides is 3. The summed E-state index contributed by atoms with van der Waals surface area (Å²) in [7, 11) is 1.72. The number of hydrogen-bond donors (Lipinski definition) is 1. The number of aromatic nitrogens is 5. The molecule has 1 N–H and O–H groups in total. The second-order valence-electron chi connectivity index (χ2n) is 10.1. The predicted molar refractivity (Wildman–Crippen MR) is 138 cm³/mol. The summed E-state index contributed by atoms with van der Waals surface area (Å²) in [5.74, 6) is -2.61. The molecule has 210 valence electrons. The van der Waals surface area contributed by atoms with Gasteiger partial charge in [-0.1, -0.05) is 17.3 Å². The molecule has 1 aliphatic rings. The molecule has 13 heteroatoms. The number of likely N-dealkylation sites (tertiary alicyclic amines) is 1. The standard InChI is InChI=1S/C27H28F3N7O3/c1-26(28)15-37(16-26)10-9-31-24(38)18-6-4-5-17(11-18)23-34-25(40-35-23)20-13-33-36(3)21(20)14-39-22-8-7-19(12-32-22)27(2,29)30/h4-8,11-13H,9-10,14-16H2,1-3H3,(H,31,38). The van der Waals surface area contributed by atoms with E-state index >= 15 is 0 Å². The van der Waals surface area contributed by atoms with Gasteiger partial charge in [0.15, 0.2) is 0 Å². The van der Waals surface area contributed by atoms with Crippen LogP contribution in [-0.4, -0.2) is 67.6 Å². The van der Waals surface area contributed by atoms with Gasteiger partial charge in [-0.2, -0.15) is 10.1 Å². The first kappa shape index (κ1) is 27.3. The van der Waals surface area contributed by atoms with Crippen LogP contribution < -0.4 is 10.1 Å². The summed E-state index contributed by atoms with van der Waals surface area (Å²) < 4.78 is 53.2. The van der Waals surface area contributed by atoms with Crippen LogP contribution in [0.3, 0.4) is 0 Å². The van der Waals surface area contributed by atoms with Crippen LogP contribution in [0.2, 0.25) is 0 Å². The maximum atomic E-state index is 13.6. The minimum absolute atomic E-state index is 0.0239. The van der Waals surface area contributed by atoms with Crippen molar-refractivity contribution in [2.75, 3.05) is 26.2 Å². The summed E-state index contributed by atoms with van der Waals surface area (Å²) in [6.45, 7) is 4.11. The van der Waals surface area contributed by atoms with Crippen LogP contribution in [0.15, 0.2) is 53.3 Å². The lowest BCUT2D eigenvalue weighted by Crippen LogP contribution is -2.58. The number of nitrogens with one attached hydrogen (secondary N) is 1. The summed E-state index contributed by atoms with van der Waals surface area (Å²) in [5.41, 5.74) is 0.785. The number of nitrogens with zero attached hydrogens (tertiary/aromatic N) is 6. The lowest BCUT2D eigenvalue weighted by molar-refractivity contribution is -0.0158. The second-order valence-corrected chi connectivity index (χ2v) is 10.1. The number of benzene rings is 1. The van der Waals surface area contributed by atoms with Crippen molar-refractivity contribution in [2.45, 2.75) is 32.0 Å². The number of hydrogen-bond acceptors (Lipinski definition) is 8. The van der Waals surface area contributed by atoms with E-state index in [0.29, 0.717) is 48.6 Å². The van der Waals surface area contributed by atoms with E-state index in [1.165, 1.54) is 12.1 Å². The van der Waals surface area contributed by atoms with Crippen molar-refractivity contribution in [1.82, 2.24) is 35.1 Å². The smallest absolute Gasteiger partial charge is 0.272 e. The summed E-state index contributed by atoms with van der Waals surface area (Å²) >= 11 is 0. The molecular formula is C27H28F3N7O3. The normalized spacial score (nSPS) is 15.1. The van der Waals surface area contributed by atoms with Crippen LogP contribution in [0.4, 0.5) is 13.2 Å². The molecule has 0 spiro atoms. The van der Waals surface area contributed by atoms with Gasteiger partial charge in [0.25, 0.3) is 17.7 Å². The Morgan fingerprint density at radius 2 is 2.02 bits per heavy atom. The van der Waals surface area contributed by atoms with Crippen molar-refractivity contribution in [3.05, 3.63) is 65.6 Å². The number of ether oxygens (including phenoxy) is 1. The molecule has 1 aliphatic heterocycles. The lowest BCUT2D eigenvalue weighted by atomic mass is 9.99. The van der Waals surface area contributed by atoms with Gasteiger partial charge in [0.2, 0.25) is 11.7 Å². The van der Waals surface area contributed by atoms with Gasteiger partial charge in [-0.3, -0.25) is 14.4 Å². The average molecular weight is 556 g/mol. The molecule has 0 aliphatic carbocycles. The van der Waals surface area contributed by atoms with Crippen molar-refractivity contribution in [1.29, 1.82) is 0 Å². The number of carbonyl (C=O) groups excluding carboxylic acids is 1. The van der Waals surface area contributed by atoms with E-state index in [2.05, 4.69) is 25.5 Å². The minimum atomic E-state index is -2.99. The van der Waals surface area contributed by atoms with Crippen molar-refractivity contribution in [2.24, 2.45) is 7.05 Å². The van der Waals surface area contributed by atoms with E-state index in [0.717, 1.165) is 13.1 Å². The highest BCUT2D eigenvalue weighted by molar-refractivity contribution is 5.95. The molecule has 40 heavy (non-hydrogen) atoms. The van der Waals surface area contributed by atoms with Crippen LogP contribution in [0.25, 0.3) is 22.8 Å². The summed E-state index contributed by atoms with van der Waals surface area (Å²) in [4.78, 5) is 23.0. The third kappa shape index (κ3) is 6.14. The molecule has 4 aromatic rings. The van der Waals surface area contributed by atoms with Crippen molar-refractivity contribution >= 4 is 5.91 Å². The van der Waals surface area contributed by atoms with Crippen LogP contribution >= 0.6 is 0 Å². The van der Waals surface area contributed by atoms with E-state index in [-0.39, 0.29) is 35.7 Å². The van der Waals surface area contributed by atoms with E-state index in [9.17, 15) is 18.0 Å². The number of rotatable bonds is 10. The highest BCUT2D eigenvalue weighted by Gasteiger charge is 2.38.